The highest BCUT2D eigenvalue weighted by molar-refractivity contribution is 6.29. The van der Waals surface area contributed by atoms with Crippen molar-refractivity contribution in [2.45, 2.75) is 6.54 Å². The van der Waals surface area contributed by atoms with Gasteiger partial charge >= 0.3 is 0 Å². The fourth-order valence-corrected chi connectivity index (χ4v) is 1.82. The summed E-state index contributed by atoms with van der Waals surface area (Å²) in [5.74, 6) is 0.569. The van der Waals surface area contributed by atoms with E-state index in [0.29, 0.717) is 17.8 Å². The summed E-state index contributed by atoms with van der Waals surface area (Å²) in [5.41, 5.74) is 6.39. The van der Waals surface area contributed by atoms with E-state index in [9.17, 15) is 4.79 Å². The van der Waals surface area contributed by atoms with Gasteiger partial charge in [0.2, 0.25) is 0 Å². The molecule has 2 aromatic rings. The minimum Gasteiger partial charge on any atom is -0.397 e. The first-order valence-electron chi connectivity index (χ1n) is 5.61. The lowest BCUT2D eigenvalue weighted by Crippen LogP contribution is -2.28. The van der Waals surface area contributed by atoms with Crippen LogP contribution >= 0.6 is 11.6 Å². The monoisotopic (exact) mass is 279 g/mol. The molecule has 0 unspecified atom stereocenters. The smallest absolute Gasteiger partial charge is 0.256 e. The van der Waals surface area contributed by atoms with E-state index < -0.39 is 0 Å². The molecule has 6 nitrogen and oxygen atoms in total. The molecular formula is C12H14ClN5O. The van der Waals surface area contributed by atoms with Crippen LogP contribution in [0.15, 0.2) is 24.7 Å². The summed E-state index contributed by atoms with van der Waals surface area (Å²) < 4.78 is 1.85. The van der Waals surface area contributed by atoms with Gasteiger partial charge < -0.3 is 15.2 Å². The summed E-state index contributed by atoms with van der Waals surface area (Å²) in [5, 5.41) is 0.239. The predicted octanol–water partition coefficient (Wildman–Crippen LogP) is 1.32. The second-order valence-corrected chi connectivity index (χ2v) is 4.60. The Morgan fingerprint density at radius 1 is 1.53 bits per heavy atom. The number of aromatic nitrogens is 3. The van der Waals surface area contributed by atoms with Gasteiger partial charge in [0, 0.05) is 26.5 Å². The van der Waals surface area contributed by atoms with Gasteiger partial charge in [-0.3, -0.25) is 4.79 Å². The van der Waals surface area contributed by atoms with Gasteiger partial charge in [-0.2, -0.15) is 0 Å². The summed E-state index contributed by atoms with van der Waals surface area (Å²) >= 11 is 5.78. The van der Waals surface area contributed by atoms with Crippen molar-refractivity contribution >= 4 is 23.2 Å². The number of amides is 1. The lowest BCUT2D eigenvalue weighted by molar-refractivity contribution is 0.0781. The molecule has 0 aromatic carbocycles. The van der Waals surface area contributed by atoms with Crippen LogP contribution in [0.5, 0.6) is 0 Å². The highest BCUT2D eigenvalue weighted by atomic mass is 35.5. The molecule has 0 aliphatic heterocycles. The molecule has 2 N–H and O–H groups in total. The summed E-state index contributed by atoms with van der Waals surface area (Å²) in [6.07, 6.45) is 4.89. The van der Waals surface area contributed by atoms with E-state index in [2.05, 4.69) is 9.97 Å². The van der Waals surface area contributed by atoms with Crippen LogP contribution in [0.1, 0.15) is 16.2 Å². The molecule has 0 spiro atoms. The van der Waals surface area contributed by atoms with Crippen LogP contribution in [0, 0.1) is 0 Å². The van der Waals surface area contributed by atoms with E-state index in [1.807, 2.05) is 17.8 Å². The van der Waals surface area contributed by atoms with Gasteiger partial charge in [-0.1, -0.05) is 11.6 Å². The number of hydrogen-bond acceptors (Lipinski definition) is 4. The lowest BCUT2D eigenvalue weighted by atomic mass is 10.2. The van der Waals surface area contributed by atoms with E-state index in [1.54, 1.807) is 13.2 Å². The van der Waals surface area contributed by atoms with Gasteiger partial charge in [0.05, 0.1) is 24.0 Å². The van der Waals surface area contributed by atoms with Crippen molar-refractivity contribution in [3.8, 4) is 0 Å². The average Bonchev–Trinajstić information content (AvgIpc) is 2.77. The number of aryl methyl sites for hydroxylation is 1. The van der Waals surface area contributed by atoms with Gasteiger partial charge in [0.1, 0.15) is 11.0 Å². The Labute approximate surface area is 115 Å². The molecule has 0 bridgehead atoms. The number of nitrogen functional groups attached to an aromatic ring is 1. The quantitative estimate of drug-likeness (QED) is 0.860. The van der Waals surface area contributed by atoms with Gasteiger partial charge in [0.25, 0.3) is 5.91 Å². The SMILES string of the molecule is CN(Cc1nccn1C)C(=O)c1cc(Cl)ncc1N. The van der Waals surface area contributed by atoms with E-state index >= 15 is 0 Å². The van der Waals surface area contributed by atoms with Crippen molar-refractivity contribution in [2.75, 3.05) is 12.8 Å². The minimum atomic E-state index is -0.218. The Bertz CT molecular complexity index is 610. The third-order valence-corrected chi connectivity index (χ3v) is 2.98. The van der Waals surface area contributed by atoms with Crippen molar-refractivity contribution < 1.29 is 4.79 Å². The second kappa shape index (κ2) is 5.27. The molecule has 100 valence electrons. The minimum absolute atomic E-state index is 0.218. The lowest BCUT2D eigenvalue weighted by Gasteiger charge is -2.17. The predicted molar refractivity (Wildman–Crippen MR) is 72.7 cm³/mol. The fraction of sp³-hybridized carbons (Fsp3) is 0.250. The normalized spacial score (nSPS) is 10.5. The standard InChI is InChI=1S/C12H14ClN5O/c1-17-4-3-15-11(17)7-18(2)12(19)8-5-10(13)16-6-9(8)14/h3-6H,7,14H2,1-2H3. The number of carbonyl (C=O) groups is 1. The van der Waals surface area contributed by atoms with Crippen LogP contribution in [0.2, 0.25) is 5.15 Å². The van der Waals surface area contributed by atoms with Crippen LogP contribution in [0.3, 0.4) is 0 Å². The Balaban J connectivity index is 2.19. The Morgan fingerprint density at radius 3 is 2.89 bits per heavy atom. The Morgan fingerprint density at radius 2 is 2.26 bits per heavy atom. The molecule has 0 radical (unpaired) electrons. The molecule has 0 saturated heterocycles. The zero-order valence-electron chi connectivity index (χ0n) is 10.7. The highest BCUT2D eigenvalue weighted by Gasteiger charge is 2.17. The Kier molecular flexibility index (Phi) is 3.71. The summed E-state index contributed by atoms with van der Waals surface area (Å²) in [6.45, 7) is 0.391. The molecule has 1 amide bonds. The van der Waals surface area contributed by atoms with Gasteiger partial charge in [-0.05, 0) is 6.07 Å². The third-order valence-electron chi connectivity index (χ3n) is 2.78. The van der Waals surface area contributed by atoms with Crippen LogP contribution in [-0.4, -0.2) is 32.4 Å². The first-order chi connectivity index (χ1) is 8.99. The first-order valence-corrected chi connectivity index (χ1v) is 5.99. The number of nitrogens with two attached hydrogens (primary N) is 1. The largest absolute Gasteiger partial charge is 0.397 e. The fourth-order valence-electron chi connectivity index (χ4n) is 1.66. The van der Waals surface area contributed by atoms with Crippen LogP contribution < -0.4 is 5.73 Å². The maximum absolute atomic E-state index is 12.3. The number of rotatable bonds is 3. The first kappa shape index (κ1) is 13.4. The average molecular weight is 280 g/mol. The Hall–Kier alpha value is -2.08. The van der Waals surface area contributed by atoms with Crippen LogP contribution in [0.4, 0.5) is 5.69 Å². The molecule has 2 aromatic heterocycles. The number of imidazole rings is 1. The molecule has 2 rings (SSSR count). The highest BCUT2D eigenvalue weighted by Crippen LogP contribution is 2.17. The number of hydrogen-bond donors (Lipinski definition) is 1. The van der Waals surface area contributed by atoms with E-state index in [-0.39, 0.29) is 11.1 Å². The number of halogens is 1. The number of pyridine rings is 1. The zero-order chi connectivity index (χ0) is 14.0. The van der Waals surface area contributed by atoms with Crippen LogP contribution in [0.25, 0.3) is 0 Å². The van der Waals surface area contributed by atoms with Crippen molar-refractivity contribution in [3.05, 3.63) is 41.2 Å². The van der Waals surface area contributed by atoms with Crippen molar-refractivity contribution in [1.29, 1.82) is 0 Å². The molecule has 0 fully saturated rings. The molecule has 2 heterocycles. The number of anilines is 1. The molecule has 0 aliphatic rings. The molecule has 0 atom stereocenters. The molecule has 0 aliphatic carbocycles. The summed E-state index contributed by atoms with van der Waals surface area (Å²) in [6, 6.07) is 1.47. The van der Waals surface area contributed by atoms with Crippen molar-refractivity contribution in [2.24, 2.45) is 7.05 Å². The number of carbonyl (C=O) groups excluding carboxylic acids is 1. The maximum atomic E-state index is 12.3. The molecule has 19 heavy (non-hydrogen) atoms. The molecular weight excluding hydrogens is 266 g/mol. The van der Waals surface area contributed by atoms with Crippen molar-refractivity contribution in [1.82, 2.24) is 19.4 Å². The van der Waals surface area contributed by atoms with Crippen molar-refractivity contribution in [3.63, 3.8) is 0 Å². The summed E-state index contributed by atoms with van der Waals surface area (Å²) in [7, 11) is 3.56. The topological polar surface area (TPSA) is 77.0 Å². The molecule has 7 heteroatoms. The second-order valence-electron chi connectivity index (χ2n) is 4.21. The zero-order valence-corrected chi connectivity index (χ0v) is 11.4. The van der Waals surface area contributed by atoms with E-state index in [4.69, 9.17) is 17.3 Å². The molecule has 0 saturated carbocycles. The van der Waals surface area contributed by atoms with Gasteiger partial charge in [-0.25, -0.2) is 9.97 Å². The third kappa shape index (κ3) is 2.85. The van der Waals surface area contributed by atoms with Gasteiger partial charge in [0.15, 0.2) is 0 Å². The number of nitrogens with zero attached hydrogens (tertiary/aromatic N) is 4. The van der Waals surface area contributed by atoms with E-state index in [0.717, 1.165) is 5.82 Å². The van der Waals surface area contributed by atoms with E-state index in [1.165, 1.54) is 17.2 Å². The summed E-state index contributed by atoms with van der Waals surface area (Å²) in [4.78, 5) is 21.8. The maximum Gasteiger partial charge on any atom is 0.256 e. The van der Waals surface area contributed by atoms with Gasteiger partial charge in [-0.15, -0.1) is 0 Å². The van der Waals surface area contributed by atoms with Crippen LogP contribution in [-0.2, 0) is 13.6 Å².